The molecule has 9 nitrogen and oxygen atoms in total. The monoisotopic (exact) mass is 443 g/mol. The minimum atomic E-state index is -0.713. The van der Waals surface area contributed by atoms with E-state index in [1.165, 1.54) is 4.90 Å². The van der Waals surface area contributed by atoms with E-state index in [1.54, 1.807) is 6.20 Å². The van der Waals surface area contributed by atoms with E-state index in [0.29, 0.717) is 19.3 Å². The minimum Gasteiger partial charge on any atom is -0.385 e. The molecule has 32 heavy (non-hydrogen) atoms. The summed E-state index contributed by atoms with van der Waals surface area (Å²) in [6.45, 7) is 6.17. The van der Waals surface area contributed by atoms with Gasteiger partial charge in [0.25, 0.3) is 17.4 Å². The summed E-state index contributed by atoms with van der Waals surface area (Å²) in [5.41, 5.74) is 12.6. The number of aromatic amines is 1. The number of rotatable bonds is 6. The second-order valence-electron chi connectivity index (χ2n) is 9.27. The topological polar surface area (TPSA) is 143 Å². The van der Waals surface area contributed by atoms with Gasteiger partial charge in [0.15, 0.2) is 0 Å². The third-order valence-corrected chi connectivity index (χ3v) is 6.82. The van der Waals surface area contributed by atoms with Gasteiger partial charge in [0.1, 0.15) is 11.4 Å². The normalized spacial score (nSPS) is 24.3. The van der Waals surface area contributed by atoms with Gasteiger partial charge in [0.05, 0.1) is 0 Å². The highest BCUT2D eigenvalue weighted by molar-refractivity contribution is 6.29. The molecule has 1 saturated carbocycles. The first kappa shape index (κ1) is 23.6. The van der Waals surface area contributed by atoms with Gasteiger partial charge in [-0.3, -0.25) is 24.2 Å². The lowest BCUT2D eigenvalue weighted by Crippen LogP contribution is -2.61. The van der Waals surface area contributed by atoms with Gasteiger partial charge in [-0.2, -0.15) is 0 Å². The van der Waals surface area contributed by atoms with Crippen LogP contribution in [-0.4, -0.2) is 45.2 Å². The number of unbranched alkanes of at least 4 members (excludes halogenated alkanes) is 1. The Bertz CT molecular complexity index is 1000. The Labute approximate surface area is 187 Å². The second kappa shape index (κ2) is 9.18. The Kier molecular flexibility index (Phi) is 6.76. The van der Waals surface area contributed by atoms with Crippen molar-refractivity contribution in [3.8, 4) is 0 Å². The first-order chi connectivity index (χ1) is 15.1. The molecule has 0 atom stereocenters. The smallest absolute Gasteiger partial charge is 0.334 e. The van der Waals surface area contributed by atoms with Crippen molar-refractivity contribution in [2.45, 2.75) is 71.8 Å². The van der Waals surface area contributed by atoms with Gasteiger partial charge in [-0.15, -0.1) is 0 Å². The number of H-pyrrole nitrogens is 1. The van der Waals surface area contributed by atoms with Crippen molar-refractivity contribution < 1.29 is 14.4 Å². The molecule has 5 N–H and O–H groups in total. The molecule has 174 valence electrons. The van der Waals surface area contributed by atoms with E-state index in [1.807, 2.05) is 19.9 Å². The average molecular weight is 444 g/mol. The zero-order valence-corrected chi connectivity index (χ0v) is 19.1. The van der Waals surface area contributed by atoms with E-state index in [9.17, 15) is 19.2 Å². The van der Waals surface area contributed by atoms with E-state index in [0.717, 1.165) is 41.7 Å². The summed E-state index contributed by atoms with van der Waals surface area (Å²) in [4.78, 5) is 55.8. The lowest BCUT2D eigenvalue weighted by molar-refractivity contribution is -0.138. The summed E-state index contributed by atoms with van der Waals surface area (Å²) in [6.07, 6.45) is 6.63. The average Bonchev–Trinajstić information content (AvgIpc) is 2.72. The van der Waals surface area contributed by atoms with Gasteiger partial charge in [-0.25, -0.2) is 4.79 Å². The predicted octanol–water partition coefficient (Wildman–Crippen LogP) is 1.89. The number of amides is 4. The molecular weight excluding hydrogens is 410 g/mol. The summed E-state index contributed by atoms with van der Waals surface area (Å²) in [5, 5.41) is 0. The first-order valence-electron chi connectivity index (χ1n) is 11.2. The summed E-state index contributed by atoms with van der Waals surface area (Å²) >= 11 is 0. The Balaban J connectivity index is 1.79. The van der Waals surface area contributed by atoms with Crippen LogP contribution in [0.2, 0.25) is 0 Å². The van der Waals surface area contributed by atoms with Crippen LogP contribution >= 0.6 is 0 Å². The number of carbonyl (C=O) groups is 3. The van der Waals surface area contributed by atoms with Crippen molar-refractivity contribution in [3.05, 3.63) is 45.1 Å². The molecule has 1 aromatic heterocycles. The van der Waals surface area contributed by atoms with E-state index in [4.69, 9.17) is 11.5 Å². The fourth-order valence-electron chi connectivity index (χ4n) is 4.72. The van der Waals surface area contributed by atoms with Crippen molar-refractivity contribution in [2.24, 2.45) is 16.9 Å². The number of pyridine rings is 1. The van der Waals surface area contributed by atoms with Crippen LogP contribution in [0.25, 0.3) is 0 Å². The molecule has 0 radical (unpaired) electrons. The third-order valence-electron chi connectivity index (χ3n) is 6.82. The fraction of sp³-hybridized carbons (Fsp3) is 0.565. The number of hydrogen-bond donors (Lipinski definition) is 3. The molecule has 3 rings (SSSR count). The molecule has 1 saturated heterocycles. The van der Waals surface area contributed by atoms with E-state index in [2.05, 4.69) is 11.9 Å². The molecule has 4 amide bonds. The zero-order valence-electron chi connectivity index (χ0n) is 19.1. The summed E-state index contributed by atoms with van der Waals surface area (Å²) < 4.78 is 0. The maximum absolute atomic E-state index is 13.1. The quantitative estimate of drug-likeness (QED) is 0.453. The fourth-order valence-corrected chi connectivity index (χ4v) is 4.72. The second-order valence-corrected chi connectivity index (χ2v) is 9.27. The van der Waals surface area contributed by atoms with Crippen LogP contribution in [0.5, 0.6) is 0 Å². The van der Waals surface area contributed by atoms with Crippen LogP contribution in [0.1, 0.15) is 63.5 Å². The predicted molar refractivity (Wildman–Crippen MR) is 120 cm³/mol. The molecule has 9 heteroatoms. The SMILES string of the molecule is CCCCN1C(=O)C(=C(N)N)C(=O)N(C2CCC(C)(Cc3cc[nH]c(=O)c3C)CC2)C1=O. The standard InChI is InChI=1S/C23H33N5O4/c1-4-5-12-27-20(30)17(18(24)25)21(31)28(22(27)32)16-6-9-23(3,10-7-16)13-15-8-11-26-19(29)14(15)2/h8,11,16H,4-7,9-10,12-13,24-25H2,1-3H3,(H,26,29). The number of nitrogens with zero attached hydrogens (tertiary/aromatic N) is 2. The highest BCUT2D eigenvalue weighted by atomic mass is 16.2. The molecule has 2 heterocycles. The zero-order chi connectivity index (χ0) is 23.6. The number of urea groups is 1. The number of nitrogens with one attached hydrogen (secondary N) is 1. The van der Waals surface area contributed by atoms with Crippen LogP contribution < -0.4 is 17.0 Å². The van der Waals surface area contributed by atoms with Crippen LogP contribution in [0.15, 0.2) is 28.5 Å². The Morgan fingerprint density at radius 2 is 1.81 bits per heavy atom. The van der Waals surface area contributed by atoms with Crippen molar-refractivity contribution in [1.29, 1.82) is 0 Å². The number of nitrogens with two attached hydrogens (primary N) is 2. The maximum Gasteiger partial charge on any atom is 0.334 e. The Hall–Kier alpha value is -3.10. The van der Waals surface area contributed by atoms with Gasteiger partial charge in [-0.1, -0.05) is 20.3 Å². The van der Waals surface area contributed by atoms with Gasteiger partial charge in [0, 0.05) is 24.3 Å². The largest absolute Gasteiger partial charge is 0.385 e. The molecule has 0 spiro atoms. The molecule has 2 aliphatic rings. The van der Waals surface area contributed by atoms with Gasteiger partial charge in [-0.05, 0) is 62.5 Å². The van der Waals surface area contributed by atoms with Crippen molar-refractivity contribution >= 4 is 17.8 Å². The van der Waals surface area contributed by atoms with Crippen LogP contribution in [0, 0.1) is 12.3 Å². The van der Waals surface area contributed by atoms with Crippen molar-refractivity contribution in [2.75, 3.05) is 6.54 Å². The maximum atomic E-state index is 13.1. The van der Waals surface area contributed by atoms with Crippen LogP contribution in [0.3, 0.4) is 0 Å². The highest BCUT2D eigenvalue weighted by Crippen LogP contribution is 2.41. The van der Waals surface area contributed by atoms with Crippen LogP contribution in [0.4, 0.5) is 4.79 Å². The van der Waals surface area contributed by atoms with Crippen molar-refractivity contribution in [3.63, 3.8) is 0 Å². The third kappa shape index (κ3) is 4.42. The molecule has 1 aromatic rings. The first-order valence-corrected chi connectivity index (χ1v) is 11.2. The molecule has 0 aromatic carbocycles. The molecule has 0 bridgehead atoms. The summed E-state index contributed by atoms with van der Waals surface area (Å²) in [7, 11) is 0. The molecular formula is C23H33N5O4. The van der Waals surface area contributed by atoms with Gasteiger partial charge in [0.2, 0.25) is 0 Å². The Morgan fingerprint density at radius 3 is 2.41 bits per heavy atom. The number of imide groups is 2. The Morgan fingerprint density at radius 1 is 1.16 bits per heavy atom. The number of barbiturate groups is 1. The molecule has 1 aliphatic carbocycles. The van der Waals surface area contributed by atoms with Gasteiger partial charge >= 0.3 is 6.03 Å². The number of aromatic nitrogens is 1. The minimum absolute atomic E-state index is 0.0553. The highest BCUT2D eigenvalue weighted by Gasteiger charge is 2.47. The molecule has 2 fully saturated rings. The summed E-state index contributed by atoms with van der Waals surface area (Å²) in [6, 6.07) is 1.02. The van der Waals surface area contributed by atoms with Crippen molar-refractivity contribution in [1.82, 2.24) is 14.8 Å². The van der Waals surface area contributed by atoms with E-state index in [-0.39, 0.29) is 35.0 Å². The lowest BCUT2D eigenvalue weighted by atomic mass is 9.70. The van der Waals surface area contributed by atoms with Gasteiger partial charge < -0.3 is 16.5 Å². The summed E-state index contributed by atoms with van der Waals surface area (Å²) in [5.74, 6) is -1.77. The molecule has 1 aliphatic heterocycles. The van der Waals surface area contributed by atoms with E-state index < -0.39 is 17.8 Å². The lowest BCUT2D eigenvalue weighted by Gasteiger charge is -2.44. The van der Waals surface area contributed by atoms with Crippen LogP contribution in [-0.2, 0) is 16.0 Å². The number of hydrogen-bond acceptors (Lipinski definition) is 6. The van der Waals surface area contributed by atoms with E-state index >= 15 is 0 Å². The molecule has 0 unspecified atom stereocenters. The number of carbonyl (C=O) groups excluding carboxylic acids is 3.